The van der Waals surface area contributed by atoms with Crippen molar-refractivity contribution in [3.05, 3.63) is 59.9 Å². The van der Waals surface area contributed by atoms with E-state index in [1.165, 1.54) is 23.9 Å². The van der Waals surface area contributed by atoms with E-state index in [0.29, 0.717) is 4.90 Å². The minimum absolute atomic E-state index is 0.106. The van der Waals surface area contributed by atoms with Gasteiger partial charge in [0.05, 0.1) is 15.9 Å². The van der Waals surface area contributed by atoms with Crippen molar-refractivity contribution in [2.75, 3.05) is 5.75 Å². The lowest BCUT2D eigenvalue weighted by Gasteiger charge is -2.09. The highest BCUT2D eigenvalue weighted by Crippen LogP contribution is 2.44. The van der Waals surface area contributed by atoms with Crippen LogP contribution in [0.15, 0.2) is 58.3 Å². The van der Waals surface area contributed by atoms with Gasteiger partial charge in [0.15, 0.2) is 9.84 Å². The van der Waals surface area contributed by atoms with Crippen LogP contribution >= 0.6 is 11.8 Å². The van der Waals surface area contributed by atoms with Crippen molar-refractivity contribution in [3.63, 3.8) is 0 Å². The van der Waals surface area contributed by atoms with E-state index in [0.717, 1.165) is 10.5 Å². The topological polar surface area (TPSA) is 34.1 Å². The first-order chi connectivity index (χ1) is 9.06. The molecule has 0 saturated heterocycles. The molecule has 0 amide bonds. The molecule has 1 aliphatic heterocycles. The molecule has 0 aliphatic carbocycles. The van der Waals surface area contributed by atoms with E-state index >= 15 is 0 Å². The summed E-state index contributed by atoms with van der Waals surface area (Å²) in [6.45, 7) is 0. The summed E-state index contributed by atoms with van der Waals surface area (Å²) in [5, 5.41) is -0.119. The molecule has 2 aromatic rings. The molecule has 0 saturated carbocycles. The number of fused-ring (bicyclic) bond motifs is 1. The summed E-state index contributed by atoms with van der Waals surface area (Å²) in [7, 11) is -3.18. The molecule has 0 N–H and O–H groups in total. The van der Waals surface area contributed by atoms with Gasteiger partial charge in [-0.05, 0) is 35.9 Å². The Hall–Kier alpha value is -1.33. The number of hydrogen-bond acceptors (Lipinski definition) is 3. The van der Waals surface area contributed by atoms with Crippen LogP contribution in [0.25, 0.3) is 0 Å². The second kappa shape index (κ2) is 4.65. The third-order valence-corrected chi connectivity index (χ3v) is 6.34. The van der Waals surface area contributed by atoms with Gasteiger partial charge in [0, 0.05) is 4.90 Å². The van der Waals surface area contributed by atoms with Crippen molar-refractivity contribution in [2.24, 2.45) is 0 Å². The number of benzene rings is 2. The normalized spacial score (nSPS) is 20.2. The molecule has 5 heteroatoms. The van der Waals surface area contributed by atoms with Crippen LogP contribution in [0, 0.1) is 5.82 Å². The van der Waals surface area contributed by atoms with Gasteiger partial charge in [-0.15, -0.1) is 11.8 Å². The summed E-state index contributed by atoms with van der Waals surface area (Å²) in [5.41, 5.74) is 0.844. The minimum Gasteiger partial charge on any atom is -0.224 e. The fourth-order valence-corrected chi connectivity index (χ4v) is 5.64. The van der Waals surface area contributed by atoms with Gasteiger partial charge >= 0.3 is 0 Å². The molecule has 0 bridgehead atoms. The predicted octanol–water partition coefficient (Wildman–Crippen LogP) is 3.45. The van der Waals surface area contributed by atoms with Gasteiger partial charge in [-0.2, -0.15) is 0 Å². The van der Waals surface area contributed by atoms with Gasteiger partial charge in [-0.3, -0.25) is 0 Å². The fourth-order valence-electron chi connectivity index (χ4n) is 2.18. The van der Waals surface area contributed by atoms with E-state index in [2.05, 4.69) is 0 Å². The largest absolute Gasteiger partial charge is 0.224 e. The summed E-state index contributed by atoms with van der Waals surface area (Å²) in [5.74, 6) is -0.183. The molecule has 98 valence electrons. The maximum atomic E-state index is 12.9. The van der Waals surface area contributed by atoms with Crippen molar-refractivity contribution in [1.82, 2.24) is 0 Å². The Kier molecular flexibility index (Phi) is 3.11. The van der Waals surface area contributed by atoms with Crippen LogP contribution in [0.2, 0.25) is 0 Å². The van der Waals surface area contributed by atoms with E-state index in [1.54, 1.807) is 24.3 Å². The smallest absolute Gasteiger partial charge is 0.180 e. The monoisotopic (exact) mass is 294 g/mol. The Morgan fingerprint density at radius 3 is 2.47 bits per heavy atom. The summed E-state index contributed by atoms with van der Waals surface area (Å²) < 4.78 is 36.9. The number of rotatable bonds is 2. The van der Waals surface area contributed by atoms with Crippen molar-refractivity contribution >= 4 is 21.6 Å². The average Bonchev–Trinajstić information content (AvgIpc) is 2.65. The lowest BCUT2D eigenvalue weighted by atomic mass is 10.2. The van der Waals surface area contributed by atoms with Gasteiger partial charge in [0.1, 0.15) is 5.82 Å². The first kappa shape index (κ1) is 12.7. The molecule has 0 aromatic heterocycles. The van der Waals surface area contributed by atoms with E-state index in [9.17, 15) is 12.8 Å². The zero-order valence-corrected chi connectivity index (χ0v) is 11.5. The molecule has 1 aliphatic rings. The van der Waals surface area contributed by atoms with Crippen LogP contribution in [0.1, 0.15) is 10.8 Å². The summed E-state index contributed by atoms with van der Waals surface area (Å²) in [6.07, 6.45) is 0. The second-order valence-corrected chi connectivity index (χ2v) is 7.66. The van der Waals surface area contributed by atoms with Crippen molar-refractivity contribution in [1.29, 1.82) is 0 Å². The molecule has 0 spiro atoms. The molecular formula is C14H11FO2S2. The Labute approximate surface area is 115 Å². The highest BCUT2D eigenvalue weighted by molar-refractivity contribution is 8.01. The molecule has 1 atom stereocenters. The van der Waals surface area contributed by atoms with Crippen LogP contribution in [0.5, 0.6) is 0 Å². The van der Waals surface area contributed by atoms with Crippen LogP contribution in [-0.2, 0) is 9.84 Å². The first-order valence-corrected chi connectivity index (χ1v) is 8.33. The zero-order valence-electron chi connectivity index (χ0n) is 9.91. The molecule has 19 heavy (non-hydrogen) atoms. The number of hydrogen-bond donors (Lipinski definition) is 0. The van der Waals surface area contributed by atoms with Crippen LogP contribution in [-0.4, -0.2) is 14.2 Å². The van der Waals surface area contributed by atoms with Crippen LogP contribution in [0.3, 0.4) is 0 Å². The van der Waals surface area contributed by atoms with Crippen molar-refractivity contribution in [2.45, 2.75) is 15.0 Å². The van der Waals surface area contributed by atoms with Crippen molar-refractivity contribution < 1.29 is 12.8 Å². The standard InChI is InChI=1S/C14H11FO2S2/c15-10-5-7-11(8-6-10)18-13-9-19(16,17)14-4-2-1-3-12(13)14/h1-8,13H,9H2. The molecule has 1 unspecified atom stereocenters. The zero-order chi connectivity index (χ0) is 13.5. The molecule has 0 radical (unpaired) electrons. The van der Waals surface area contributed by atoms with Crippen molar-refractivity contribution in [3.8, 4) is 0 Å². The maximum Gasteiger partial charge on any atom is 0.180 e. The van der Waals surface area contributed by atoms with E-state index in [4.69, 9.17) is 0 Å². The molecule has 0 fully saturated rings. The third-order valence-electron chi connectivity index (χ3n) is 3.06. The summed E-state index contributed by atoms with van der Waals surface area (Å²) >= 11 is 1.46. The van der Waals surface area contributed by atoms with Gasteiger partial charge in [0.2, 0.25) is 0 Å². The highest BCUT2D eigenvalue weighted by Gasteiger charge is 2.34. The predicted molar refractivity (Wildman–Crippen MR) is 73.5 cm³/mol. The number of sulfone groups is 1. The fraction of sp³-hybridized carbons (Fsp3) is 0.143. The molecule has 3 rings (SSSR count). The summed E-state index contributed by atoms with van der Waals surface area (Å²) in [4.78, 5) is 1.30. The van der Waals surface area contributed by atoms with E-state index in [-0.39, 0.29) is 16.8 Å². The molecule has 1 heterocycles. The third kappa shape index (κ3) is 2.40. The summed E-state index contributed by atoms with van der Waals surface area (Å²) in [6, 6.07) is 13.2. The van der Waals surface area contributed by atoms with E-state index in [1.807, 2.05) is 12.1 Å². The Bertz CT molecular complexity index is 708. The lowest BCUT2D eigenvalue weighted by molar-refractivity contribution is 0.600. The van der Waals surface area contributed by atoms with Gasteiger partial charge in [0.25, 0.3) is 0 Å². The minimum atomic E-state index is -3.18. The van der Waals surface area contributed by atoms with Gasteiger partial charge in [-0.25, -0.2) is 12.8 Å². The Balaban J connectivity index is 1.94. The van der Waals surface area contributed by atoms with Gasteiger partial charge < -0.3 is 0 Å². The quantitative estimate of drug-likeness (QED) is 0.851. The maximum absolute atomic E-state index is 12.9. The Morgan fingerprint density at radius 2 is 1.74 bits per heavy atom. The number of thioether (sulfide) groups is 1. The van der Waals surface area contributed by atoms with Crippen LogP contribution in [0.4, 0.5) is 4.39 Å². The molecule has 2 aromatic carbocycles. The first-order valence-electron chi connectivity index (χ1n) is 5.80. The number of halogens is 1. The average molecular weight is 294 g/mol. The van der Waals surface area contributed by atoms with Crippen LogP contribution < -0.4 is 0 Å². The second-order valence-electron chi connectivity index (χ2n) is 4.38. The lowest BCUT2D eigenvalue weighted by Crippen LogP contribution is -2.00. The molecular weight excluding hydrogens is 283 g/mol. The highest BCUT2D eigenvalue weighted by atomic mass is 32.2. The van der Waals surface area contributed by atoms with Gasteiger partial charge in [-0.1, -0.05) is 18.2 Å². The van der Waals surface area contributed by atoms with E-state index < -0.39 is 9.84 Å². The molecule has 2 nitrogen and oxygen atoms in total. The SMILES string of the molecule is O=S1(=O)CC(Sc2ccc(F)cc2)c2ccccc21. The Morgan fingerprint density at radius 1 is 1.05 bits per heavy atom.